The Morgan fingerprint density at radius 2 is 1.96 bits per heavy atom. The maximum atomic E-state index is 11.9. The number of esters is 1. The van der Waals surface area contributed by atoms with E-state index >= 15 is 0 Å². The van der Waals surface area contributed by atoms with Gasteiger partial charge in [0.1, 0.15) is 5.75 Å². The minimum atomic E-state index is -0.0628. The van der Waals surface area contributed by atoms with Gasteiger partial charge in [0.05, 0.1) is 19.1 Å². The summed E-state index contributed by atoms with van der Waals surface area (Å²) in [5.74, 6) is 1.78. The van der Waals surface area contributed by atoms with Gasteiger partial charge in [-0.3, -0.25) is 9.79 Å². The second kappa shape index (κ2) is 11.4. The van der Waals surface area contributed by atoms with Crippen molar-refractivity contribution in [3.05, 3.63) is 30.3 Å². The molecular formula is C20H31N3O3. The van der Waals surface area contributed by atoms with Crippen LogP contribution in [-0.2, 0) is 9.53 Å². The second-order valence-electron chi connectivity index (χ2n) is 6.26. The van der Waals surface area contributed by atoms with Crippen LogP contribution >= 0.6 is 0 Å². The molecule has 0 aromatic heterocycles. The van der Waals surface area contributed by atoms with Crippen molar-refractivity contribution in [1.82, 2.24) is 10.2 Å². The first-order chi connectivity index (χ1) is 12.7. The molecule has 0 unspecified atom stereocenters. The van der Waals surface area contributed by atoms with Crippen LogP contribution in [0.5, 0.6) is 5.75 Å². The highest BCUT2D eigenvalue weighted by Gasteiger charge is 2.27. The summed E-state index contributed by atoms with van der Waals surface area (Å²) in [5.41, 5.74) is 0. The summed E-state index contributed by atoms with van der Waals surface area (Å²) >= 11 is 0. The summed E-state index contributed by atoms with van der Waals surface area (Å²) in [7, 11) is 0. The van der Waals surface area contributed by atoms with E-state index in [4.69, 9.17) is 14.5 Å². The first-order valence-corrected chi connectivity index (χ1v) is 9.62. The summed E-state index contributed by atoms with van der Waals surface area (Å²) < 4.78 is 10.8. The molecule has 1 saturated heterocycles. The molecule has 0 radical (unpaired) electrons. The number of rotatable bonds is 8. The lowest BCUT2D eigenvalue weighted by molar-refractivity contribution is -0.149. The smallest absolute Gasteiger partial charge is 0.309 e. The van der Waals surface area contributed by atoms with Crippen LogP contribution in [-0.4, -0.2) is 56.2 Å². The normalized spacial score (nSPS) is 15.6. The van der Waals surface area contributed by atoms with Gasteiger partial charge in [-0.25, -0.2) is 0 Å². The van der Waals surface area contributed by atoms with Crippen molar-refractivity contribution in [2.24, 2.45) is 10.9 Å². The lowest BCUT2D eigenvalue weighted by atomic mass is 9.97. The third kappa shape index (κ3) is 6.58. The van der Waals surface area contributed by atoms with E-state index in [0.29, 0.717) is 19.8 Å². The minimum absolute atomic E-state index is 0.0216. The summed E-state index contributed by atoms with van der Waals surface area (Å²) in [6.07, 6.45) is 2.50. The Labute approximate surface area is 156 Å². The number of nitrogens with one attached hydrogen (secondary N) is 1. The summed E-state index contributed by atoms with van der Waals surface area (Å²) in [6, 6.07) is 9.83. The molecular weight excluding hydrogens is 330 g/mol. The highest BCUT2D eigenvalue weighted by Crippen LogP contribution is 2.18. The van der Waals surface area contributed by atoms with Crippen LogP contribution in [0.15, 0.2) is 35.3 Å². The van der Waals surface area contributed by atoms with Crippen LogP contribution in [0, 0.1) is 5.92 Å². The van der Waals surface area contributed by atoms with Gasteiger partial charge in [-0.2, -0.15) is 0 Å². The highest BCUT2D eigenvalue weighted by atomic mass is 16.5. The van der Waals surface area contributed by atoms with Gasteiger partial charge in [0.25, 0.3) is 0 Å². The average Bonchev–Trinajstić information content (AvgIpc) is 2.68. The van der Waals surface area contributed by atoms with Crippen LogP contribution < -0.4 is 10.1 Å². The van der Waals surface area contributed by atoms with E-state index < -0.39 is 0 Å². The summed E-state index contributed by atoms with van der Waals surface area (Å²) in [4.78, 5) is 18.8. The van der Waals surface area contributed by atoms with Gasteiger partial charge in [0.2, 0.25) is 0 Å². The molecule has 144 valence electrons. The van der Waals surface area contributed by atoms with Crippen molar-refractivity contribution in [1.29, 1.82) is 0 Å². The fourth-order valence-electron chi connectivity index (χ4n) is 2.97. The fourth-order valence-corrected chi connectivity index (χ4v) is 2.97. The zero-order valence-corrected chi connectivity index (χ0v) is 15.9. The van der Waals surface area contributed by atoms with Crippen molar-refractivity contribution in [2.75, 3.05) is 39.4 Å². The lowest BCUT2D eigenvalue weighted by Gasteiger charge is -2.33. The zero-order valence-electron chi connectivity index (χ0n) is 15.9. The molecule has 6 heteroatoms. The number of para-hydroxylation sites is 1. The van der Waals surface area contributed by atoms with E-state index in [-0.39, 0.29) is 11.9 Å². The van der Waals surface area contributed by atoms with Gasteiger partial charge < -0.3 is 19.7 Å². The number of carbonyl (C=O) groups is 1. The van der Waals surface area contributed by atoms with Crippen LogP contribution in [0.1, 0.15) is 33.1 Å². The molecule has 26 heavy (non-hydrogen) atoms. The van der Waals surface area contributed by atoms with Crippen molar-refractivity contribution < 1.29 is 14.3 Å². The molecule has 6 nitrogen and oxygen atoms in total. The van der Waals surface area contributed by atoms with Gasteiger partial charge in [-0.05, 0) is 38.8 Å². The molecule has 1 aliphatic heterocycles. The predicted octanol–water partition coefficient (Wildman–Crippen LogP) is 2.70. The molecule has 2 rings (SSSR count). The molecule has 0 amide bonds. The summed E-state index contributed by atoms with van der Waals surface area (Å²) in [5, 5.41) is 3.35. The van der Waals surface area contributed by atoms with Gasteiger partial charge in [-0.15, -0.1) is 0 Å². The number of hydrogen-bond donors (Lipinski definition) is 1. The SMILES string of the molecule is CCNC(=NCCCOc1ccccc1)N1CCC(C(=O)OCC)CC1. The number of ether oxygens (including phenoxy) is 2. The number of likely N-dealkylation sites (tertiary alicyclic amines) is 1. The number of carbonyl (C=O) groups excluding carboxylic acids is 1. The highest BCUT2D eigenvalue weighted by molar-refractivity contribution is 5.80. The largest absolute Gasteiger partial charge is 0.494 e. The first kappa shape index (κ1) is 20.1. The number of nitrogens with zero attached hydrogens (tertiary/aromatic N) is 2. The first-order valence-electron chi connectivity index (χ1n) is 9.62. The molecule has 1 heterocycles. The third-order valence-corrected chi connectivity index (χ3v) is 4.33. The van der Waals surface area contributed by atoms with Crippen molar-refractivity contribution >= 4 is 11.9 Å². The molecule has 0 bridgehead atoms. The molecule has 0 saturated carbocycles. The number of piperidine rings is 1. The summed E-state index contributed by atoms with van der Waals surface area (Å²) in [6.45, 7) is 8.23. The van der Waals surface area contributed by atoms with E-state index in [2.05, 4.69) is 17.1 Å². The van der Waals surface area contributed by atoms with E-state index in [1.165, 1.54) is 0 Å². The standard InChI is InChI=1S/C20H31N3O3/c1-3-21-20(22-13-8-16-26-18-9-6-5-7-10-18)23-14-11-17(12-15-23)19(24)25-4-2/h5-7,9-10,17H,3-4,8,11-16H2,1-2H3,(H,21,22). The minimum Gasteiger partial charge on any atom is -0.494 e. The number of hydrogen-bond acceptors (Lipinski definition) is 4. The Kier molecular flexibility index (Phi) is 8.79. The van der Waals surface area contributed by atoms with Crippen molar-refractivity contribution in [3.8, 4) is 5.75 Å². The van der Waals surface area contributed by atoms with Crippen LogP contribution in [0.25, 0.3) is 0 Å². The Morgan fingerprint density at radius 1 is 1.23 bits per heavy atom. The van der Waals surface area contributed by atoms with Gasteiger partial charge in [-0.1, -0.05) is 18.2 Å². The van der Waals surface area contributed by atoms with Crippen molar-refractivity contribution in [2.45, 2.75) is 33.1 Å². The average molecular weight is 361 g/mol. The number of benzene rings is 1. The molecule has 0 spiro atoms. The van der Waals surface area contributed by atoms with E-state index in [9.17, 15) is 4.79 Å². The lowest BCUT2D eigenvalue weighted by Crippen LogP contribution is -2.46. The number of guanidine groups is 1. The van der Waals surface area contributed by atoms with Gasteiger partial charge in [0, 0.05) is 32.6 Å². The second-order valence-corrected chi connectivity index (χ2v) is 6.26. The monoisotopic (exact) mass is 361 g/mol. The van der Waals surface area contributed by atoms with Crippen LogP contribution in [0.3, 0.4) is 0 Å². The fraction of sp³-hybridized carbons (Fsp3) is 0.600. The Balaban J connectivity index is 1.75. The third-order valence-electron chi connectivity index (χ3n) is 4.33. The predicted molar refractivity (Wildman–Crippen MR) is 103 cm³/mol. The molecule has 1 aliphatic rings. The van der Waals surface area contributed by atoms with E-state index in [1.54, 1.807) is 0 Å². The maximum Gasteiger partial charge on any atom is 0.309 e. The molecule has 1 aromatic rings. The molecule has 0 aliphatic carbocycles. The quantitative estimate of drug-likeness (QED) is 0.334. The van der Waals surface area contributed by atoms with E-state index in [1.807, 2.05) is 37.3 Å². The Bertz CT molecular complexity index is 555. The van der Waals surface area contributed by atoms with Gasteiger partial charge >= 0.3 is 5.97 Å². The van der Waals surface area contributed by atoms with Crippen molar-refractivity contribution in [3.63, 3.8) is 0 Å². The maximum absolute atomic E-state index is 11.9. The van der Waals surface area contributed by atoms with E-state index in [0.717, 1.165) is 50.6 Å². The Hall–Kier alpha value is -2.24. The van der Waals surface area contributed by atoms with Gasteiger partial charge in [0.15, 0.2) is 5.96 Å². The molecule has 1 fully saturated rings. The Morgan fingerprint density at radius 3 is 2.62 bits per heavy atom. The molecule has 0 atom stereocenters. The van der Waals surface area contributed by atoms with Crippen LogP contribution in [0.4, 0.5) is 0 Å². The molecule has 1 aromatic carbocycles. The molecule has 1 N–H and O–H groups in total. The number of aliphatic imine (C=N–C) groups is 1. The zero-order chi connectivity index (χ0) is 18.6. The van der Waals surface area contributed by atoms with Crippen LogP contribution in [0.2, 0.25) is 0 Å². The topological polar surface area (TPSA) is 63.2 Å².